The van der Waals surface area contributed by atoms with E-state index in [4.69, 9.17) is 4.74 Å². The zero-order chi connectivity index (χ0) is 20.8. The Kier molecular flexibility index (Phi) is 4.50. The minimum Gasteiger partial charge on any atom is -0.454 e. The lowest BCUT2D eigenvalue weighted by Gasteiger charge is -2.19. The van der Waals surface area contributed by atoms with Crippen LogP contribution in [0, 0.1) is 23.7 Å². The molecule has 6 heteroatoms. The maximum absolute atomic E-state index is 12.9. The third-order valence-corrected chi connectivity index (χ3v) is 6.72. The fraction of sp³-hybridized carbons (Fsp3) is 0.333. The number of carbonyl (C=O) groups is 4. The van der Waals surface area contributed by atoms with Gasteiger partial charge in [-0.1, -0.05) is 30.3 Å². The number of fused-ring (bicyclic) bond motifs is 5. The van der Waals surface area contributed by atoms with Crippen molar-refractivity contribution in [1.29, 1.82) is 0 Å². The number of hydrogen-bond donors (Lipinski definition) is 0. The topological polar surface area (TPSA) is 80.8 Å². The Labute approximate surface area is 173 Å². The highest BCUT2D eigenvalue weighted by Crippen LogP contribution is 2.56. The van der Waals surface area contributed by atoms with E-state index in [-0.39, 0.29) is 41.6 Å². The first-order valence-corrected chi connectivity index (χ1v) is 10.3. The summed E-state index contributed by atoms with van der Waals surface area (Å²) < 4.78 is 5.11. The molecular weight excluding hydrogens is 382 g/mol. The van der Waals surface area contributed by atoms with E-state index in [0.29, 0.717) is 23.1 Å². The number of imide groups is 1. The van der Waals surface area contributed by atoms with Crippen molar-refractivity contribution in [3.05, 3.63) is 65.7 Å². The number of ether oxygens (including phenoxy) is 1. The second-order valence-electron chi connectivity index (χ2n) is 8.31. The van der Waals surface area contributed by atoms with Crippen LogP contribution in [0.15, 0.2) is 54.6 Å². The van der Waals surface area contributed by atoms with Crippen LogP contribution in [0.2, 0.25) is 0 Å². The quantitative estimate of drug-likeness (QED) is 0.435. The Balaban J connectivity index is 1.26. The van der Waals surface area contributed by atoms with Crippen molar-refractivity contribution in [1.82, 2.24) is 0 Å². The van der Waals surface area contributed by atoms with Gasteiger partial charge in [-0.2, -0.15) is 0 Å². The third-order valence-electron chi connectivity index (χ3n) is 6.72. The minimum atomic E-state index is -0.625. The molecular formula is C24H21NO5. The van der Waals surface area contributed by atoms with Crippen LogP contribution in [0.25, 0.3) is 0 Å². The number of benzene rings is 2. The molecule has 1 heterocycles. The maximum atomic E-state index is 12.9. The van der Waals surface area contributed by atoms with Crippen LogP contribution in [0.3, 0.4) is 0 Å². The van der Waals surface area contributed by atoms with Gasteiger partial charge in [0.25, 0.3) is 0 Å². The molecule has 0 spiro atoms. The molecule has 2 saturated carbocycles. The Hall–Kier alpha value is -3.28. The van der Waals surface area contributed by atoms with Gasteiger partial charge in [-0.3, -0.25) is 19.3 Å². The zero-order valence-electron chi connectivity index (χ0n) is 16.3. The molecule has 30 heavy (non-hydrogen) atoms. The van der Waals surface area contributed by atoms with Gasteiger partial charge in [0.15, 0.2) is 12.4 Å². The highest BCUT2D eigenvalue weighted by molar-refractivity contribution is 6.22. The van der Waals surface area contributed by atoms with Gasteiger partial charge in [0.1, 0.15) is 0 Å². The molecule has 1 saturated heterocycles. The minimum absolute atomic E-state index is 0.110. The normalized spacial score (nSPS) is 26.7. The van der Waals surface area contributed by atoms with Gasteiger partial charge in [0.05, 0.1) is 23.1 Å². The first-order chi connectivity index (χ1) is 14.5. The molecule has 152 valence electrons. The monoisotopic (exact) mass is 403 g/mol. The average Bonchev–Trinajstić information content (AvgIpc) is 3.46. The number of anilines is 1. The van der Waals surface area contributed by atoms with Crippen LogP contribution < -0.4 is 4.90 Å². The lowest BCUT2D eigenvalue weighted by Crippen LogP contribution is -2.32. The number of carbonyl (C=O) groups excluding carboxylic acids is 4. The molecule has 2 aliphatic carbocycles. The Morgan fingerprint density at radius 3 is 2.03 bits per heavy atom. The summed E-state index contributed by atoms with van der Waals surface area (Å²) in [7, 11) is 0. The summed E-state index contributed by atoms with van der Waals surface area (Å²) in [6.45, 7) is -0.347. The fourth-order valence-corrected chi connectivity index (χ4v) is 5.33. The molecule has 2 bridgehead atoms. The number of ketones is 1. The third kappa shape index (κ3) is 2.95. The average molecular weight is 403 g/mol. The van der Waals surface area contributed by atoms with Gasteiger partial charge in [0.2, 0.25) is 11.8 Å². The number of rotatable bonds is 5. The van der Waals surface area contributed by atoms with Crippen molar-refractivity contribution in [2.45, 2.75) is 19.3 Å². The molecule has 0 aromatic heterocycles. The first-order valence-electron chi connectivity index (χ1n) is 10.3. The van der Waals surface area contributed by atoms with E-state index in [0.717, 1.165) is 19.3 Å². The smallest absolute Gasteiger partial charge is 0.338 e. The number of hydrogen-bond acceptors (Lipinski definition) is 5. The van der Waals surface area contributed by atoms with Gasteiger partial charge in [-0.15, -0.1) is 0 Å². The van der Waals surface area contributed by atoms with Crippen molar-refractivity contribution in [3.8, 4) is 0 Å². The lowest BCUT2D eigenvalue weighted by atomic mass is 9.81. The Morgan fingerprint density at radius 1 is 0.833 bits per heavy atom. The predicted octanol–water partition coefficient (Wildman–Crippen LogP) is 3.26. The van der Waals surface area contributed by atoms with Crippen molar-refractivity contribution in [2.75, 3.05) is 11.5 Å². The van der Waals surface area contributed by atoms with Crippen LogP contribution in [-0.4, -0.2) is 30.2 Å². The van der Waals surface area contributed by atoms with E-state index < -0.39 is 5.97 Å². The second kappa shape index (κ2) is 7.20. The molecule has 6 nitrogen and oxygen atoms in total. The molecule has 2 amide bonds. The van der Waals surface area contributed by atoms with E-state index in [2.05, 4.69) is 0 Å². The van der Waals surface area contributed by atoms with Gasteiger partial charge in [0, 0.05) is 5.56 Å². The summed E-state index contributed by atoms with van der Waals surface area (Å²) in [5.74, 6) is -0.817. The second-order valence-corrected chi connectivity index (χ2v) is 8.31. The van der Waals surface area contributed by atoms with Gasteiger partial charge in [-0.25, -0.2) is 4.79 Å². The van der Waals surface area contributed by atoms with Crippen molar-refractivity contribution in [2.24, 2.45) is 23.7 Å². The van der Waals surface area contributed by atoms with E-state index in [1.54, 1.807) is 42.5 Å². The summed E-state index contributed by atoms with van der Waals surface area (Å²) in [5, 5.41) is 0. The van der Waals surface area contributed by atoms with E-state index in [1.807, 2.05) is 0 Å². The van der Waals surface area contributed by atoms with E-state index in [9.17, 15) is 19.2 Å². The molecule has 0 unspecified atom stereocenters. The van der Waals surface area contributed by atoms with Crippen molar-refractivity contribution < 1.29 is 23.9 Å². The Bertz CT molecular complexity index is 1000. The lowest BCUT2D eigenvalue weighted by molar-refractivity contribution is -0.123. The molecule has 2 aromatic carbocycles. The van der Waals surface area contributed by atoms with Gasteiger partial charge < -0.3 is 4.74 Å². The molecule has 0 radical (unpaired) electrons. The number of esters is 1. The van der Waals surface area contributed by atoms with Crippen molar-refractivity contribution in [3.63, 3.8) is 0 Å². The predicted molar refractivity (Wildman–Crippen MR) is 108 cm³/mol. The molecule has 0 N–H and O–H groups in total. The first kappa shape index (κ1) is 18.7. The van der Waals surface area contributed by atoms with E-state index in [1.165, 1.54) is 17.0 Å². The van der Waals surface area contributed by atoms with Gasteiger partial charge in [-0.05, 0) is 55.4 Å². The molecule has 2 aromatic rings. The zero-order valence-corrected chi connectivity index (χ0v) is 16.3. The molecule has 5 rings (SSSR count). The van der Waals surface area contributed by atoms with Crippen LogP contribution in [0.1, 0.15) is 40.0 Å². The summed E-state index contributed by atoms with van der Waals surface area (Å²) >= 11 is 0. The largest absolute Gasteiger partial charge is 0.454 e. The maximum Gasteiger partial charge on any atom is 0.338 e. The molecule has 3 aliphatic rings. The van der Waals surface area contributed by atoms with Crippen molar-refractivity contribution >= 4 is 29.3 Å². The number of amides is 2. The molecule has 1 aliphatic heterocycles. The molecule has 3 fully saturated rings. The van der Waals surface area contributed by atoms with Crippen LogP contribution in [0.5, 0.6) is 0 Å². The summed E-state index contributed by atoms with van der Waals surface area (Å²) in [5.41, 5.74) is 1.22. The fourth-order valence-electron chi connectivity index (χ4n) is 5.33. The van der Waals surface area contributed by atoms with Crippen LogP contribution in [0.4, 0.5) is 5.69 Å². The van der Waals surface area contributed by atoms with Gasteiger partial charge >= 0.3 is 5.97 Å². The van der Waals surface area contributed by atoms with E-state index >= 15 is 0 Å². The van der Waals surface area contributed by atoms with Crippen LogP contribution >= 0.6 is 0 Å². The number of Topliss-reactive ketones (excluding diaryl/α,β-unsaturated/α-hetero) is 1. The highest BCUT2D eigenvalue weighted by Gasteiger charge is 2.61. The highest BCUT2D eigenvalue weighted by atomic mass is 16.5. The standard InChI is InChI=1S/C24H21NO5/c26-19(14-4-2-1-3-5-14)13-30-24(29)15-8-10-18(11-9-15)25-22(27)20-16-6-7-17(12-16)21(20)23(25)28/h1-5,8-11,16-17,20-21H,6-7,12-13H2/t16-,17-,20-,21+/m0/s1. The Morgan fingerprint density at radius 2 is 1.43 bits per heavy atom. The number of nitrogens with zero attached hydrogens (tertiary/aromatic N) is 1. The SMILES string of the molecule is O=C(COC(=O)c1ccc(N2C(=O)[C@@H]3[C@H]4CC[C@@H](C4)[C@@H]3C2=O)cc1)c1ccccc1. The summed E-state index contributed by atoms with van der Waals surface area (Å²) in [6, 6.07) is 14.8. The van der Waals surface area contributed by atoms with Crippen LogP contribution in [-0.2, 0) is 14.3 Å². The summed E-state index contributed by atoms with van der Waals surface area (Å²) in [6.07, 6.45) is 3.06. The molecule has 4 atom stereocenters. The summed E-state index contributed by atoms with van der Waals surface area (Å²) in [4.78, 5) is 51.4.